The minimum atomic E-state index is 0.174. The van der Waals surface area contributed by atoms with Crippen LogP contribution in [0.15, 0.2) is 33.4 Å². The molecule has 0 unspecified atom stereocenters. The molecule has 0 bridgehead atoms. The lowest BCUT2D eigenvalue weighted by Gasteiger charge is -2.18. The summed E-state index contributed by atoms with van der Waals surface area (Å²) in [6.07, 6.45) is 1.73. The van der Waals surface area contributed by atoms with Gasteiger partial charge >= 0.3 is 0 Å². The molecule has 2 heteroatoms. The zero-order chi connectivity index (χ0) is 10.3. The molecule has 0 aliphatic carbocycles. The van der Waals surface area contributed by atoms with E-state index >= 15 is 0 Å². The Morgan fingerprint density at radius 3 is 2.57 bits per heavy atom. The van der Waals surface area contributed by atoms with Crippen LogP contribution in [0, 0.1) is 0 Å². The lowest BCUT2D eigenvalue weighted by Crippen LogP contribution is -2.10. The molecule has 0 aliphatic rings. The van der Waals surface area contributed by atoms with E-state index in [4.69, 9.17) is 4.42 Å². The molecule has 1 aromatic heterocycles. The van der Waals surface area contributed by atoms with Gasteiger partial charge in [-0.25, -0.2) is 0 Å². The summed E-state index contributed by atoms with van der Waals surface area (Å²) in [5.74, 6) is 0. The Morgan fingerprint density at radius 1 is 1.21 bits per heavy atom. The van der Waals surface area contributed by atoms with E-state index in [9.17, 15) is 0 Å². The van der Waals surface area contributed by atoms with Gasteiger partial charge in [0, 0.05) is 5.39 Å². The molecule has 0 N–H and O–H groups in total. The number of furan rings is 1. The third-order valence-electron chi connectivity index (χ3n) is 2.39. The van der Waals surface area contributed by atoms with E-state index in [0.717, 1.165) is 15.4 Å². The highest BCUT2D eigenvalue weighted by molar-refractivity contribution is 9.10. The van der Waals surface area contributed by atoms with Crippen LogP contribution in [0.1, 0.15) is 26.3 Å². The van der Waals surface area contributed by atoms with Crippen molar-refractivity contribution in [3.05, 3.63) is 34.5 Å². The highest BCUT2D eigenvalue weighted by Gasteiger charge is 2.15. The molecule has 2 rings (SSSR count). The van der Waals surface area contributed by atoms with Crippen molar-refractivity contribution in [3.63, 3.8) is 0 Å². The standard InChI is InChI=1S/C12H13BrO/c1-12(2,3)8-4-5-9-10(13)7-14-11(9)6-8/h4-7H,1-3H3. The van der Waals surface area contributed by atoms with Crippen LogP contribution in [0.4, 0.5) is 0 Å². The van der Waals surface area contributed by atoms with Gasteiger partial charge < -0.3 is 4.42 Å². The number of rotatable bonds is 0. The normalized spacial score (nSPS) is 12.3. The molecule has 0 radical (unpaired) electrons. The summed E-state index contributed by atoms with van der Waals surface area (Å²) in [5, 5.41) is 1.14. The van der Waals surface area contributed by atoms with Gasteiger partial charge in [0.2, 0.25) is 0 Å². The maximum Gasteiger partial charge on any atom is 0.135 e. The first kappa shape index (κ1) is 9.78. The van der Waals surface area contributed by atoms with Crippen LogP contribution < -0.4 is 0 Å². The molecule has 1 aromatic carbocycles. The third-order valence-corrected chi connectivity index (χ3v) is 3.01. The smallest absolute Gasteiger partial charge is 0.135 e. The van der Waals surface area contributed by atoms with Crippen molar-refractivity contribution in [2.24, 2.45) is 0 Å². The highest BCUT2D eigenvalue weighted by atomic mass is 79.9. The second-order valence-electron chi connectivity index (χ2n) is 4.54. The van der Waals surface area contributed by atoms with Crippen LogP contribution >= 0.6 is 15.9 Å². The van der Waals surface area contributed by atoms with E-state index in [0.29, 0.717) is 0 Å². The molecule has 0 amide bonds. The Bertz CT molecular complexity index is 463. The monoisotopic (exact) mass is 252 g/mol. The maximum absolute atomic E-state index is 5.44. The number of benzene rings is 1. The van der Waals surface area contributed by atoms with Crippen LogP contribution in [0.2, 0.25) is 0 Å². The molecule has 0 spiro atoms. The summed E-state index contributed by atoms with van der Waals surface area (Å²) in [7, 11) is 0. The summed E-state index contributed by atoms with van der Waals surface area (Å²) < 4.78 is 6.46. The number of hydrogen-bond acceptors (Lipinski definition) is 1. The minimum Gasteiger partial charge on any atom is -0.463 e. The second kappa shape index (κ2) is 3.13. The van der Waals surface area contributed by atoms with Crippen LogP contribution in [-0.4, -0.2) is 0 Å². The average molecular weight is 253 g/mol. The van der Waals surface area contributed by atoms with Gasteiger partial charge in [0.1, 0.15) is 11.8 Å². The first-order valence-corrected chi connectivity index (χ1v) is 5.45. The summed E-state index contributed by atoms with van der Waals surface area (Å²) in [6.45, 7) is 6.60. The van der Waals surface area contributed by atoms with Crippen molar-refractivity contribution < 1.29 is 4.42 Å². The fraction of sp³-hybridized carbons (Fsp3) is 0.333. The van der Waals surface area contributed by atoms with Crippen LogP contribution in [-0.2, 0) is 5.41 Å². The van der Waals surface area contributed by atoms with Gasteiger partial charge in [0.15, 0.2) is 0 Å². The average Bonchev–Trinajstić information content (AvgIpc) is 2.46. The Kier molecular flexibility index (Phi) is 2.18. The quantitative estimate of drug-likeness (QED) is 0.674. The second-order valence-corrected chi connectivity index (χ2v) is 5.40. The Labute approximate surface area is 92.2 Å². The van der Waals surface area contributed by atoms with Gasteiger partial charge in [-0.2, -0.15) is 0 Å². The van der Waals surface area contributed by atoms with Gasteiger partial charge in [0.05, 0.1) is 4.47 Å². The van der Waals surface area contributed by atoms with Crippen molar-refractivity contribution in [1.29, 1.82) is 0 Å². The number of halogens is 1. The number of hydrogen-bond donors (Lipinski definition) is 0. The first-order chi connectivity index (χ1) is 6.48. The summed E-state index contributed by atoms with van der Waals surface area (Å²) in [6, 6.07) is 6.37. The topological polar surface area (TPSA) is 13.1 Å². The van der Waals surface area contributed by atoms with Crippen LogP contribution in [0.5, 0.6) is 0 Å². The fourth-order valence-electron chi connectivity index (χ4n) is 1.46. The molecule has 0 aliphatic heterocycles. The largest absolute Gasteiger partial charge is 0.463 e. The van der Waals surface area contributed by atoms with Crippen molar-refractivity contribution in [3.8, 4) is 0 Å². The molecule has 74 valence electrons. The Morgan fingerprint density at radius 2 is 1.93 bits per heavy atom. The summed E-state index contributed by atoms with van der Waals surface area (Å²) in [5.41, 5.74) is 2.42. The SMILES string of the molecule is CC(C)(C)c1ccc2c(Br)coc2c1. The molecule has 0 fully saturated rings. The predicted molar refractivity (Wildman–Crippen MR) is 62.6 cm³/mol. The Hall–Kier alpha value is -0.760. The summed E-state index contributed by atoms with van der Waals surface area (Å²) >= 11 is 3.45. The van der Waals surface area contributed by atoms with E-state index in [1.165, 1.54) is 5.56 Å². The highest BCUT2D eigenvalue weighted by Crippen LogP contribution is 2.30. The molecule has 1 heterocycles. The Balaban J connectivity index is 2.63. The van der Waals surface area contributed by atoms with Crippen LogP contribution in [0.25, 0.3) is 11.0 Å². The fourth-order valence-corrected chi connectivity index (χ4v) is 1.88. The van der Waals surface area contributed by atoms with Gasteiger partial charge in [-0.15, -0.1) is 0 Å². The lowest BCUT2D eigenvalue weighted by atomic mass is 9.87. The molecule has 14 heavy (non-hydrogen) atoms. The maximum atomic E-state index is 5.44. The molecular formula is C12H13BrO. The third kappa shape index (κ3) is 1.59. The van der Waals surface area contributed by atoms with Gasteiger partial charge in [0.25, 0.3) is 0 Å². The van der Waals surface area contributed by atoms with E-state index in [1.807, 2.05) is 0 Å². The first-order valence-electron chi connectivity index (χ1n) is 4.66. The minimum absolute atomic E-state index is 0.174. The van der Waals surface area contributed by atoms with Gasteiger partial charge in [-0.3, -0.25) is 0 Å². The molecule has 0 atom stereocenters. The van der Waals surface area contributed by atoms with Crippen LogP contribution in [0.3, 0.4) is 0 Å². The van der Waals surface area contributed by atoms with Crippen molar-refractivity contribution in [1.82, 2.24) is 0 Å². The molecule has 1 nitrogen and oxygen atoms in total. The van der Waals surface area contributed by atoms with Gasteiger partial charge in [-0.05, 0) is 39.0 Å². The van der Waals surface area contributed by atoms with Crippen molar-refractivity contribution in [2.45, 2.75) is 26.2 Å². The van der Waals surface area contributed by atoms with Crippen molar-refractivity contribution in [2.75, 3.05) is 0 Å². The molecular weight excluding hydrogens is 240 g/mol. The zero-order valence-corrected chi connectivity index (χ0v) is 10.2. The van der Waals surface area contributed by atoms with Gasteiger partial charge in [-0.1, -0.05) is 26.8 Å². The van der Waals surface area contributed by atoms with E-state index < -0.39 is 0 Å². The predicted octanol–water partition coefficient (Wildman–Crippen LogP) is 4.49. The van der Waals surface area contributed by atoms with Crippen molar-refractivity contribution >= 4 is 26.9 Å². The van der Waals surface area contributed by atoms with E-state index in [2.05, 4.69) is 54.9 Å². The van der Waals surface area contributed by atoms with E-state index in [-0.39, 0.29) is 5.41 Å². The molecule has 0 saturated heterocycles. The van der Waals surface area contributed by atoms with E-state index in [1.54, 1.807) is 6.26 Å². The molecule has 0 saturated carbocycles. The zero-order valence-electron chi connectivity index (χ0n) is 8.60. The summed E-state index contributed by atoms with van der Waals surface area (Å²) in [4.78, 5) is 0. The molecule has 2 aromatic rings. The lowest BCUT2D eigenvalue weighted by molar-refractivity contribution is 0.582. The number of fused-ring (bicyclic) bond motifs is 1.